The normalized spacial score (nSPS) is 10.7. The Balaban J connectivity index is 2.96. The first-order chi connectivity index (χ1) is 5.29. The minimum Gasteiger partial charge on any atom is -0.359 e. The lowest BCUT2D eigenvalue weighted by atomic mass is 10.2. The number of hydrogen-bond donors (Lipinski definition) is 1. The third-order valence-electron chi connectivity index (χ3n) is 1.61. The van der Waals surface area contributed by atoms with E-state index in [4.69, 9.17) is 0 Å². The average molecular weight is 214 g/mol. The number of rotatable bonds is 0. The van der Waals surface area contributed by atoms with E-state index in [-0.39, 0.29) is 5.82 Å². The monoisotopic (exact) mass is 213 g/mol. The average Bonchev–Trinajstić information content (AvgIpc) is 2.34. The third kappa shape index (κ3) is 0.959. The molecule has 0 saturated heterocycles. The number of fused-ring (bicyclic) bond motifs is 1. The predicted octanol–water partition coefficient (Wildman–Crippen LogP) is 3.07. The highest BCUT2D eigenvalue weighted by Crippen LogP contribution is 2.25. The van der Waals surface area contributed by atoms with Crippen LogP contribution >= 0.6 is 15.9 Å². The fourth-order valence-electron chi connectivity index (χ4n) is 1.10. The topological polar surface area (TPSA) is 15.8 Å². The van der Waals surface area contributed by atoms with Crippen LogP contribution in [0.4, 0.5) is 4.39 Å². The zero-order valence-corrected chi connectivity index (χ0v) is 7.15. The number of aromatic nitrogens is 1. The van der Waals surface area contributed by atoms with Gasteiger partial charge in [-0.25, -0.2) is 4.39 Å². The van der Waals surface area contributed by atoms with Gasteiger partial charge >= 0.3 is 0 Å². The zero-order chi connectivity index (χ0) is 7.84. The van der Waals surface area contributed by atoms with Crippen LogP contribution in [0.2, 0.25) is 0 Å². The van der Waals surface area contributed by atoms with E-state index in [1.54, 1.807) is 0 Å². The quantitative estimate of drug-likeness (QED) is 0.693. The molecular formula is C8H5BrFN. The SMILES string of the molecule is Fc1c[nH]c2cccc(Br)c12. The Labute approximate surface area is 71.4 Å². The molecule has 56 valence electrons. The van der Waals surface area contributed by atoms with Crippen molar-refractivity contribution in [2.75, 3.05) is 0 Å². The van der Waals surface area contributed by atoms with Gasteiger partial charge in [0.1, 0.15) is 5.82 Å². The first kappa shape index (κ1) is 6.85. The molecule has 0 radical (unpaired) electrons. The Bertz CT molecular complexity index is 394. The number of halogens is 2. The predicted molar refractivity (Wildman–Crippen MR) is 46.0 cm³/mol. The molecule has 2 aromatic rings. The molecule has 1 nitrogen and oxygen atoms in total. The van der Waals surface area contributed by atoms with Crippen LogP contribution in [-0.4, -0.2) is 4.98 Å². The van der Waals surface area contributed by atoms with E-state index in [9.17, 15) is 4.39 Å². The van der Waals surface area contributed by atoms with Gasteiger partial charge in [0.2, 0.25) is 0 Å². The van der Waals surface area contributed by atoms with Gasteiger partial charge in [-0.3, -0.25) is 0 Å². The molecule has 0 saturated carbocycles. The fourth-order valence-corrected chi connectivity index (χ4v) is 1.66. The van der Waals surface area contributed by atoms with E-state index in [2.05, 4.69) is 20.9 Å². The lowest BCUT2D eigenvalue weighted by Gasteiger charge is -1.91. The molecule has 2 rings (SSSR count). The number of H-pyrrole nitrogens is 1. The molecule has 0 fully saturated rings. The largest absolute Gasteiger partial charge is 0.359 e. The molecular weight excluding hydrogens is 209 g/mol. The van der Waals surface area contributed by atoms with Crippen molar-refractivity contribution in [3.63, 3.8) is 0 Å². The maximum atomic E-state index is 12.9. The molecule has 11 heavy (non-hydrogen) atoms. The standard InChI is InChI=1S/C8H5BrFN/c9-5-2-1-3-7-8(5)6(10)4-11-7/h1-4,11H. The molecule has 1 heterocycles. The van der Waals surface area contributed by atoms with Gasteiger partial charge in [0.05, 0.1) is 0 Å². The van der Waals surface area contributed by atoms with E-state index in [0.717, 1.165) is 9.99 Å². The highest BCUT2D eigenvalue weighted by Gasteiger charge is 2.04. The maximum Gasteiger partial charge on any atom is 0.149 e. The molecule has 3 heteroatoms. The summed E-state index contributed by atoms with van der Waals surface area (Å²) in [5.41, 5.74) is 0.817. The maximum absolute atomic E-state index is 12.9. The molecule has 1 N–H and O–H groups in total. The molecule has 0 unspecified atom stereocenters. The molecule has 0 bridgehead atoms. The lowest BCUT2D eigenvalue weighted by molar-refractivity contribution is 0.639. The molecule has 1 aromatic heterocycles. The Morgan fingerprint density at radius 2 is 2.18 bits per heavy atom. The van der Waals surface area contributed by atoms with Gasteiger partial charge in [-0.15, -0.1) is 0 Å². The van der Waals surface area contributed by atoms with Crippen LogP contribution in [0.5, 0.6) is 0 Å². The van der Waals surface area contributed by atoms with Crippen LogP contribution in [0.1, 0.15) is 0 Å². The molecule has 0 aliphatic carbocycles. The first-order valence-electron chi connectivity index (χ1n) is 3.20. The summed E-state index contributed by atoms with van der Waals surface area (Å²) < 4.78 is 13.7. The van der Waals surface area contributed by atoms with Crippen molar-refractivity contribution in [3.8, 4) is 0 Å². The summed E-state index contributed by atoms with van der Waals surface area (Å²) >= 11 is 3.27. The van der Waals surface area contributed by atoms with Crippen LogP contribution in [0, 0.1) is 5.82 Å². The first-order valence-corrected chi connectivity index (χ1v) is 3.99. The van der Waals surface area contributed by atoms with Crippen molar-refractivity contribution in [1.82, 2.24) is 4.98 Å². The second-order valence-electron chi connectivity index (χ2n) is 2.30. The number of hydrogen-bond acceptors (Lipinski definition) is 0. The van der Waals surface area contributed by atoms with E-state index in [1.165, 1.54) is 6.20 Å². The fraction of sp³-hybridized carbons (Fsp3) is 0. The molecule has 0 amide bonds. The van der Waals surface area contributed by atoms with Gasteiger partial charge in [0.15, 0.2) is 0 Å². The van der Waals surface area contributed by atoms with Gasteiger partial charge in [0.25, 0.3) is 0 Å². The Morgan fingerprint density at radius 3 is 2.91 bits per heavy atom. The highest BCUT2D eigenvalue weighted by molar-refractivity contribution is 9.10. The second-order valence-corrected chi connectivity index (χ2v) is 3.15. The van der Waals surface area contributed by atoms with Crippen molar-refractivity contribution in [3.05, 3.63) is 34.7 Å². The molecule has 1 aromatic carbocycles. The van der Waals surface area contributed by atoms with Gasteiger partial charge in [-0.2, -0.15) is 0 Å². The summed E-state index contributed by atoms with van der Waals surface area (Å²) in [6.45, 7) is 0. The van der Waals surface area contributed by atoms with Crippen molar-refractivity contribution in [1.29, 1.82) is 0 Å². The van der Waals surface area contributed by atoms with Crippen molar-refractivity contribution >= 4 is 26.8 Å². The van der Waals surface area contributed by atoms with Crippen LogP contribution < -0.4 is 0 Å². The lowest BCUT2D eigenvalue weighted by Crippen LogP contribution is -1.70. The minimum atomic E-state index is -0.215. The summed E-state index contributed by atoms with van der Waals surface area (Å²) in [5, 5.41) is 0.618. The molecule has 0 spiro atoms. The van der Waals surface area contributed by atoms with Gasteiger partial charge in [0, 0.05) is 21.6 Å². The summed E-state index contributed by atoms with van der Waals surface area (Å²) in [7, 11) is 0. The number of benzene rings is 1. The van der Waals surface area contributed by atoms with E-state index in [1.807, 2.05) is 18.2 Å². The smallest absolute Gasteiger partial charge is 0.149 e. The van der Waals surface area contributed by atoms with Crippen molar-refractivity contribution < 1.29 is 4.39 Å². The van der Waals surface area contributed by atoms with Crippen LogP contribution in [-0.2, 0) is 0 Å². The van der Waals surface area contributed by atoms with Crippen molar-refractivity contribution in [2.24, 2.45) is 0 Å². The highest BCUT2D eigenvalue weighted by atomic mass is 79.9. The number of aromatic amines is 1. The molecule has 0 atom stereocenters. The van der Waals surface area contributed by atoms with E-state index < -0.39 is 0 Å². The number of nitrogens with one attached hydrogen (secondary N) is 1. The Hall–Kier alpha value is -0.830. The van der Waals surface area contributed by atoms with Crippen LogP contribution in [0.25, 0.3) is 10.9 Å². The summed E-state index contributed by atoms with van der Waals surface area (Å²) in [5.74, 6) is -0.215. The Kier molecular flexibility index (Phi) is 1.46. The van der Waals surface area contributed by atoms with Gasteiger partial charge in [-0.1, -0.05) is 6.07 Å². The van der Waals surface area contributed by atoms with E-state index >= 15 is 0 Å². The summed E-state index contributed by atoms with van der Waals surface area (Å²) in [6, 6.07) is 5.52. The minimum absolute atomic E-state index is 0.215. The molecule has 0 aliphatic rings. The Morgan fingerprint density at radius 1 is 1.36 bits per heavy atom. The summed E-state index contributed by atoms with van der Waals surface area (Å²) in [4.78, 5) is 2.82. The van der Waals surface area contributed by atoms with Crippen LogP contribution in [0.3, 0.4) is 0 Å². The second kappa shape index (κ2) is 2.34. The van der Waals surface area contributed by atoms with Crippen molar-refractivity contribution in [2.45, 2.75) is 0 Å². The van der Waals surface area contributed by atoms with Crippen LogP contribution in [0.15, 0.2) is 28.9 Å². The van der Waals surface area contributed by atoms with Gasteiger partial charge in [-0.05, 0) is 28.1 Å². The van der Waals surface area contributed by atoms with E-state index in [0.29, 0.717) is 5.39 Å². The van der Waals surface area contributed by atoms with Gasteiger partial charge < -0.3 is 4.98 Å². The third-order valence-corrected chi connectivity index (χ3v) is 2.27. The zero-order valence-electron chi connectivity index (χ0n) is 5.57. The molecule has 0 aliphatic heterocycles. The summed E-state index contributed by atoms with van der Waals surface area (Å²) in [6.07, 6.45) is 1.36.